The Bertz CT molecular complexity index is 627. The zero-order valence-electron chi connectivity index (χ0n) is 7.88. The average molecular weight is 227 g/mol. The van der Waals surface area contributed by atoms with E-state index in [0.29, 0.717) is 10.9 Å². The summed E-state index contributed by atoms with van der Waals surface area (Å²) in [6.07, 6.45) is 0. The molecule has 0 amide bonds. The summed E-state index contributed by atoms with van der Waals surface area (Å²) in [5.74, 6) is 0.0468. The molecular formula is C9H9NO4S. The van der Waals surface area contributed by atoms with Crippen molar-refractivity contribution in [2.75, 3.05) is 0 Å². The highest BCUT2D eigenvalue weighted by Gasteiger charge is 2.16. The topological polar surface area (TPSA) is 79.5 Å². The summed E-state index contributed by atoms with van der Waals surface area (Å²) in [4.78, 5) is 0. The van der Waals surface area contributed by atoms with Crippen LogP contribution in [0.2, 0.25) is 0 Å². The van der Waals surface area contributed by atoms with Gasteiger partial charge in [0.25, 0.3) is 0 Å². The molecule has 5 nitrogen and oxygen atoms in total. The van der Waals surface area contributed by atoms with Crippen molar-refractivity contribution >= 4 is 21.0 Å². The van der Waals surface area contributed by atoms with Gasteiger partial charge in [0.15, 0.2) is 5.03 Å². The Kier molecular flexibility index (Phi) is 1.99. The number of nitrogens with zero attached hydrogens (tertiary/aromatic N) is 1. The van der Waals surface area contributed by atoms with Gasteiger partial charge in [-0.2, -0.15) is 8.42 Å². The molecule has 0 unspecified atom stereocenters. The fourth-order valence-corrected chi connectivity index (χ4v) is 2.26. The first-order valence-electron chi connectivity index (χ1n) is 4.15. The van der Waals surface area contributed by atoms with Crippen molar-refractivity contribution in [2.24, 2.45) is 7.05 Å². The molecule has 2 rings (SSSR count). The number of hydrogen-bond donors (Lipinski definition) is 2. The molecule has 0 radical (unpaired) electrons. The van der Waals surface area contributed by atoms with Crippen LogP contribution in [0.1, 0.15) is 0 Å². The van der Waals surface area contributed by atoms with Crippen molar-refractivity contribution in [3.05, 3.63) is 24.3 Å². The molecule has 1 aromatic carbocycles. The van der Waals surface area contributed by atoms with E-state index < -0.39 is 10.1 Å². The molecule has 0 atom stereocenters. The molecule has 1 aromatic heterocycles. The summed E-state index contributed by atoms with van der Waals surface area (Å²) in [6.45, 7) is 0. The summed E-state index contributed by atoms with van der Waals surface area (Å²) >= 11 is 0. The number of aromatic nitrogens is 1. The number of rotatable bonds is 1. The second-order valence-electron chi connectivity index (χ2n) is 3.26. The van der Waals surface area contributed by atoms with Gasteiger partial charge in [0.05, 0.1) is 5.52 Å². The molecule has 80 valence electrons. The van der Waals surface area contributed by atoms with Crippen LogP contribution in [0, 0.1) is 0 Å². The first-order valence-corrected chi connectivity index (χ1v) is 5.59. The monoisotopic (exact) mass is 227 g/mol. The van der Waals surface area contributed by atoms with Crippen LogP contribution in [0.25, 0.3) is 10.9 Å². The molecule has 15 heavy (non-hydrogen) atoms. The van der Waals surface area contributed by atoms with Crippen LogP contribution < -0.4 is 0 Å². The molecular weight excluding hydrogens is 218 g/mol. The number of phenolic OH excluding ortho intramolecular Hbond substituents is 1. The van der Waals surface area contributed by atoms with Crippen LogP contribution in [0.4, 0.5) is 0 Å². The number of hydrogen-bond acceptors (Lipinski definition) is 3. The quantitative estimate of drug-likeness (QED) is 0.716. The van der Waals surface area contributed by atoms with Crippen LogP contribution >= 0.6 is 0 Å². The lowest BCUT2D eigenvalue weighted by molar-refractivity contribution is 0.472. The molecule has 0 aliphatic rings. The second-order valence-corrected chi connectivity index (χ2v) is 4.63. The molecule has 0 spiro atoms. The van der Waals surface area contributed by atoms with E-state index in [0.717, 1.165) is 0 Å². The third-order valence-corrected chi connectivity index (χ3v) is 3.17. The maximum absolute atomic E-state index is 11.0. The number of aryl methyl sites for hydroxylation is 1. The van der Waals surface area contributed by atoms with E-state index >= 15 is 0 Å². The highest BCUT2D eigenvalue weighted by molar-refractivity contribution is 7.85. The smallest absolute Gasteiger partial charge is 0.310 e. The first kappa shape index (κ1) is 10.0. The Morgan fingerprint density at radius 2 is 1.93 bits per heavy atom. The molecule has 0 aliphatic heterocycles. The highest BCUT2D eigenvalue weighted by atomic mass is 32.2. The van der Waals surface area contributed by atoms with E-state index in [-0.39, 0.29) is 10.8 Å². The van der Waals surface area contributed by atoms with E-state index in [4.69, 9.17) is 4.55 Å². The largest absolute Gasteiger partial charge is 0.508 e. The van der Waals surface area contributed by atoms with Gasteiger partial charge in [0.2, 0.25) is 0 Å². The fourth-order valence-electron chi connectivity index (χ4n) is 1.54. The predicted octanol–water partition coefficient (Wildman–Crippen LogP) is 1.13. The van der Waals surface area contributed by atoms with Gasteiger partial charge in [-0.1, -0.05) is 0 Å². The Labute approximate surface area is 86.3 Å². The lowest BCUT2D eigenvalue weighted by Crippen LogP contribution is -2.04. The fraction of sp³-hybridized carbons (Fsp3) is 0.111. The van der Waals surface area contributed by atoms with Crippen LogP contribution in [-0.2, 0) is 17.2 Å². The van der Waals surface area contributed by atoms with Crippen LogP contribution in [0.15, 0.2) is 29.3 Å². The van der Waals surface area contributed by atoms with Crippen molar-refractivity contribution < 1.29 is 18.1 Å². The van der Waals surface area contributed by atoms with E-state index in [2.05, 4.69) is 0 Å². The van der Waals surface area contributed by atoms with Gasteiger partial charge in [0, 0.05) is 18.5 Å². The minimum Gasteiger partial charge on any atom is -0.508 e. The first-order chi connectivity index (χ1) is 6.89. The van der Waals surface area contributed by atoms with Gasteiger partial charge in [-0.25, -0.2) is 0 Å². The van der Waals surface area contributed by atoms with E-state index in [9.17, 15) is 13.5 Å². The third-order valence-electron chi connectivity index (χ3n) is 2.25. The minimum atomic E-state index is -4.23. The SMILES string of the molecule is Cn1c(S(=O)(=O)O)cc2ccc(O)cc21. The lowest BCUT2D eigenvalue weighted by atomic mass is 10.2. The molecule has 2 aromatic rings. The van der Waals surface area contributed by atoms with Crippen molar-refractivity contribution in [1.82, 2.24) is 4.57 Å². The van der Waals surface area contributed by atoms with E-state index in [1.807, 2.05) is 0 Å². The van der Waals surface area contributed by atoms with Crippen LogP contribution in [0.3, 0.4) is 0 Å². The third kappa shape index (κ3) is 1.57. The summed E-state index contributed by atoms with van der Waals surface area (Å²) in [7, 11) is -2.72. The van der Waals surface area contributed by atoms with Crippen LogP contribution in [-0.4, -0.2) is 22.6 Å². The van der Waals surface area contributed by atoms with Crippen molar-refractivity contribution in [1.29, 1.82) is 0 Å². The number of fused-ring (bicyclic) bond motifs is 1. The molecule has 1 heterocycles. The van der Waals surface area contributed by atoms with Gasteiger partial charge >= 0.3 is 10.1 Å². The number of aromatic hydroxyl groups is 1. The summed E-state index contributed by atoms with van der Waals surface area (Å²) in [6, 6.07) is 5.82. The predicted molar refractivity (Wildman–Crippen MR) is 54.4 cm³/mol. The molecule has 0 bridgehead atoms. The van der Waals surface area contributed by atoms with Gasteiger partial charge in [-0.3, -0.25) is 4.55 Å². The van der Waals surface area contributed by atoms with Gasteiger partial charge in [-0.05, 0) is 18.2 Å². The van der Waals surface area contributed by atoms with Crippen molar-refractivity contribution in [3.8, 4) is 5.75 Å². The Balaban J connectivity index is 2.87. The maximum Gasteiger partial charge on any atom is 0.310 e. The highest BCUT2D eigenvalue weighted by Crippen LogP contribution is 2.25. The Morgan fingerprint density at radius 3 is 2.53 bits per heavy atom. The van der Waals surface area contributed by atoms with E-state index in [1.165, 1.54) is 29.8 Å². The Hall–Kier alpha value is -1.53. The van der Waals surface area contributed by atoms with Crippen molar-refractivity contribution in [2.45, 2.75) is 5.03 Å². The van der Waals surface area contributed by atoms with E-state index in [1.54, 1.807) is 6.07 Å². The summed E-state index contributed by atoms with van der Waals surface area (Å²) < 4.78 is 32.2. The maximum atomic E-state index is 11.0. The molecule has 2 N–H and O–H groups in total. The normalized spacial score (nSPS) is 12.1. The van der Waals surface area contributed by atoms with Crippen molar-refractivity contribution in [3.63, 3.8) is 0 Å². The number of benzene rings is 1. The summed E-state index contributed by atoms with van der Waals surface area (Å²) in [5.41, 5.74) is 0.544. The van der Waals surface area contributed by atoms with Gasteiger partial charge in [-0.15, -0.1) is 0 Å². The van der Waals surface area contributed by atoms with Gasteiger partial charge < -0.3 is 9.67 Å². The molecule has 6 heteroatoms. The summed E-state index contributed by atoms with van der Waals surface area (Å²) in [5, 5.41) is 9.69. The van der Waals surface area contributed by atoms with Gasteiger partial charge in [0.1, 0.15) is 5.75 Å². The molecule has 0 saturated heterocycles. The second kappa shape index (κ2) is 2.98. The van der Waals surface area contributed by atoms with Crippen LogP contribution in [0.5, 0.6) is 5.75 Å². The standard InChI is InChI=1S/C9H9NO4S/c1-10-8-5-7(11)3-2-6(8)4-9(10)15(12,13)14/h2-5,11H,1H3,(H,12,13,14). The molecule has 0 aliphatic carbocycles. The minimum absolute atomic E-state index is 0.0468. The molecule has 0 saturated carbocycles. The Morgan fingerprint density at radius 1 is 1.27 bits per heavy atom. The zero-order chi connectivity index (χ0) is 11.2. The average Bonchev–Trinajstić information content (AvgIpc) is 2.43. The molecule has 0 fully saturated rings. The lowest BCUT2D eigenvalue weighted by Gasteiger charge is -2.00. The zero-order valence-corrected chi connectivity index (χ0v) is 8.69. The number of phenols is 1.